The van der Waals surface area contributed by atoms with Crippen LogP contribution in [0.5, 0.6) is 0 Å². The summed E-state index contributed by atoms with van der Waals surface area (Å²) in [5.74, 6) is 3.61. The summed E-state index contributed by atoms with van der Waals surface area (Å²) in [4.78, 5) is 22.2. The number of nitrogens with two attached hydrogens (primary N) is 1. The molecule has 144 valence electrons. The van der Waals surface area contributed by atoms with Gasteiger partial charge in [0.15, 0.2) is 5.58 Å². The lowest BCUT2D eigenvalue weighted by Gasteiger charge is -2.06. The Labute approximate surface area is 151 Å². The van der Waals surface area contributed by atoms with Crippen molar-refractivity contribution in [3.8, 4) is 0 Å². The van der Waals surface area contributed by atoms with E-state index in [2.05, 4.69) is 10.2 Å². The maximum absolute atomic E-state index is 12.6. The van der Waals surface area contributed by atoms with Gasteiger partial charge >= 0.3 is 11.9 Å². The highest BCUT2D eigenvalue weighted by Crippen LogP contribution is 2.29. The van der Waals surface area contributed by atoms with Gasteiger partial charge in [-0.15, -0.1) is 10.2 Å². The van der Waals surface area contributed by atoms with Crippen LogP contribution in [0.25, 0.3) is 11.1 Å². The molecule has 0 unspecified atom stereocenters. The van der Waals surface area contributed by atoms with Crippen molar-refractivity contribution in [2.24, 2.45) is 0 Å². The first-order valence-corrected chi connectivity index (χ1v) is 8.35. The predicted molar refractivity (Wildman–Crippen MR) is 87.6 cm³/mol. The van der Waals surface area contributed by atoms with Gasteiger partial charge in [-0.05, 0) is 12.5 Å². The lowest BCUT2D eigenvalue weighted by molar-refractivity contribution is -0.384. The number of nitro benzene ring substituents is 1. The first kappa shape index (κ1) is 18.8. The molecular formula is C13H11F3N6O4S. The molecule has 0 radical (unpaired) electrons. The van der Waals surface area contributed by atoms with Crippen LogP contribution in [0.4, 0.5) is 18.9 Å². The highest BCUT2D eigenvalue weighted by atomic mass is 32.2. The number of oxazole rings is 1. The number of fused-ring (bicyclic) bond motifs is 1. The van der Waals surface area contributed by atoms with Crippen LogP contribution in [-0.2, 0) is 12.7 Å². The number of thioether (sulfide) groups is 1. The molecule has 2 N–H and O–H groups in total. The number of aromatic nitrogens is 4. The molecule has 0 saturated heterocycles. The van der Waals surface area contributed by atoms with Crippen LogP contribution < -0.4 is 11.6 Å². The van der Waals surface area contributed by atoms with Gasteiger partial charge in [-0.25, -0.2) is 9.47 Å². The summed E-state index contributed by atoms with van der Waals surface area (Å²) < 4.78 is 44.4. The summed E-state index contributed by atoms with van der Waals surface area (Å²) in [7, 11) is 0. The molecule has 27 heavy (non-hydrogen) atoms. The average Bonchev–Trinajstić information content (AvgIpc) is 3.10. The number of benzene rings is 1. The minimum Gasteiger partial charge on any atom is -0.408 e. The third-order valence-electron chi connectivity index (χ3n) is 3.54. The molecule has 0 aliphatic heterocycles. The zero-order valence-corrected chi connectivity index (χ0v) is 14.2. The van der Waals surface area contributed by atoms with Crippen LogP contribution in [-0.4, -0.2) is 30.1 Å². The minimum absolute atomic E-state index is 0.123. The van der Waals surface area contributed by atoms with Crippen molar-refractivity contribution in [1.82, 2.24) is 19.4 Å². The molecule has 10 nitrogen and oxygen atoms in total. The second-order valence-electron chi connectivity index (χ2n) is 5.30. The van der Waals surface area contributed by atoms with E-state index < -0.39 is 22.7 Å². The summed E-state index contributed by atoms with van der Waals surface area (Å²) in [5.41, 5.74) is 0.276. The Hall–Kier alpha value is -3.03. The van der Waals surface area contributed by atoms with Crippen LogP contribution >= 0.6 is 11.8 Å². The smallest absolute Gasteiger partial charge is 0.408 e. The lowest BCUT2D eigenvalue weighted by atomic mass is 10.3. The summed E-state index contributed by atoms with van der Waals surface area (Å²) in [6.07, 6.45) is -4.37. The highest BCUT2D eigenvalue weighted by molar-refractivity contribution is 7.99. The van der Waals surface area contributed by atoms with Crippen molar-refractivity contribution in [2.75, 3.05) is 11.6 Å². The number of alkyl halides is 3. The van der Waals surface area contributed by atoms with Gasteiger partial charge in [0.1, 0.15) is 0 Å². The molecule has 0 fully saturated rings. The molecule has 2 heterocycles. The first-order valence-electron chi connectivity index (χ1n) is 7.36. The molecule has 0 atom stereocenters. The zero-order valence-electron chi connectivity index (χ0n) is 13.3. The summed E-state index contributed by atoms with van der Waals surface area (Å²) in [6, 6.07) is 3.77. The monoisotopic (exact) mass is 404 g/mol. The van der Waals surface area contributed by atoms with Crippen molar-refractivity contribution < 1.29 is 22.5 Å². The van der Waals surface area contributed by atoms with Gasteiger partial charge in [0.05, 0.1) is 10.4 Å². The molecular weight excluding hydrogens is 393 g/mol. The standard InChI is InChI=1S/C13H11F3N6O4S/c14-13(15,16)10-18-19-11(21(10)17)27-5-1-4-20-8-6-7(22(24)25)2-3-9(8)26-12(20)23/h2-3,6H,1,4-5,17H2. The molecule has 3 rings (SSSR count). The van der Waals surface area contributed by atoms with E-state index in [9.17, 15) is 28.1 Å². The van der Waals surface area contributed by atoms with E-state index in [1.54, 1.807) is 0 Å². The topological polar surface area (TPSA) is 135 Å². The van der Waals surface area contributed by atoms with Gasteiger partial charge in [-0.2, -0.15) is 13.2 Å². The van der Waals surface area contributed by atoms with E-state index in [0.717, 1.165) is 11.8 Å². The van der Waals surface area contributed by atoms with Crippen molar-refractivity contribution in [1.29, 1.82) is 0 Å². The van der Waals surface area contributed by atoms with Gasteiger partial charge in [0, 0.05) is 24.4 Å². The number of halogens is 3. The molecule has 0 aliphatic carbocycles. The Morgan fingerprint density at radius 1 is 1.33 bits per heavy atom. The van der Waals surface area contributed by atoms with Crippen LogP contribution in [0, 0.1) is 10.1 Å². The number of aryl methyl sites for hydroxylation is 1. The Morgan fingerprint density at radius 2 is 2.07 bits per heavy atom. The second kappa shape index (κ2) is 6.94. The van der Waals surface area contributed by atoms with Crippen molar-refractivity contribution >= 4 is 28.5 Å². The van der Waals surface area contributed by atoms with Crippen LogP contribution in [0.2, 0.25) is 0 Å². The van der Waals surface area contributed by atoms with Gasteiger partial charge in [0.25, 0.3) is 11.5 Å². The van der Waals surface area contributed by atoms with Gasteiger partial charge in [0.2, 0.25) is 5.16 Å². The van der Waals surface area contributed by atoms with Crippen LogP contribution in [0.3, 0.4) is 0 Å². The number of hydrogen-bond acceptors (Lipinski definition) is 8. The maximum Gasteiger partial charge on any atom is 0.453 e. The van der Waals surface area contributed by atoms with Gasteiger partial charge < -0.3 is 10.3 Å². The Kier molecular flexibility index (Phi) is 4.82. The lowest BCUT2D eigenvalue weighted by Crippen LogP contribution is -2.21. The predicted octanol–water partition coefficient (Wildman–Crippen LogP) is 2.01. The molecule has 0 aliphatic rings. The fourth-order valence-electron chi connectivity index (χ4n) is 2.33. The van der Waals surface area contributed by atoms with Crippen molar-refractivity contribution in [3.05, 3.63) is 44.7 Å². The van der Waals surface area contributed by atoms with Gasteiger partial charge in [-0.3, -0.25) is 14.7 Å². The Bertz CT molecular complexity index is 1060. The fraction of sp³-hybridized carbons (Fsp3) is 0.308. The van der Waals surface area contributed by atoms with Crippen molar-refractivity contribution in [2.45, 2.75) is 24.3 Å². The number of nitro groups is 1. The zero-order chi connectivity index (χ0) is 19.8. The number of rotatable bonds is 6. The summed E-state index contributed by atoms with van der Waals surface area (Å²) in [6.45, 7) is 0.144. The number of non-ortho nitro benzene ring substituents is 1. The fourth-order valence-corrected chi connectivity index (χ4v) is 3.11. The van der Waals surface area contributed by atoms with E-state index in [1.807, 2.05) is 0 Å². The second-order valence-corrected chi connectivity index (χ2v) is 6.37. The normalized spacial score (nSPS) is 12.0. The molecule has 2 aromatic heterocycles. The summed E-state index contributed by atoms with van der Waals surface area (Å²) >= 11 is 0.935. The van der Waals surface area contributed by atoms with Crippen LogP contribution in [0.1, 0.15) is 12.2 Å². The number of nitrogen functional groups attached to an aromatic ring is 1. The van der Waals surface area contributed by atoms with Crippen LogP contribution in [0.15, 0.2) is 32.6 Å². The third kappa shape index (κ3) is 3.74. The molecule has 14 heteroatoms. The molecule has 1 aromatic carbocycles. The van der Waals surface area contributed by atoms with Gasteiger partial charge in [-0.1, -0.05) is 11.8 Å². The molecule has 0 saturated carbocycles. The van der Waals surface area contributed by atoms with E-state index in [-0.39, 0.29) is 34.2 Å². The van der Waals surface area contributed by atoms with Crippen molar-refractivity contribution in [3.63, 3.8) is 0 Å². The highest BCUT2D eigenvalue weighted by Gasteiger charge is 2.38. The first-order chi connectivity index (χ1) is 12.7. The quantitative estimate of drug-likeness (QED) is 0.217. The minimum atomic E-state index is -4.71. The number of nitrogens with zero attached hydrogens (tertiary/aromatic N) is 5. The van der Waals surface area contributed by atoms with E-state index in [4.69, 9.17) is 10.3 Å². The molecule has 0 spiro atoms. The molecule has 3 aromatic rings. The van der Waals surface area contributed by atoms with E-state index in [1.165, 1.54) is 22.8 Å². The van der Waals surface area contributed by atoms with E-state index >= 15 is 0 Å². The summed E-state index contributed by atoms with van der Waals surface area (Å²) in [5, 5.41) is 17.1. The average molecular weight is 404 g/mol. The van der Waals surface area contributed by atoms with E-state index in [0.29, 0.717) is 11.1 Å². The largest absolute Gasteiger partial charge is 0.453 e. The SMILES string of the molecule is Nn1c(SCCCn2c(=O)oc3ccc([N+](=O)[O-])cc32)nnc1C(F)(F)F. The number of hydrogen-bond donors (Lipinski definition) is 1. The third-order valence-corrected chi connectivity index (χ3v) is 4.57. The molecule has 0 bridgehead atoms. The molecule has 0 amide bonds. The Morgan fingerprint density at radius 3 is 2.70 bits per heavy atom. The Balaban J connectivity index is 1.69. The maximum atomic E-state index is 12.6.